The van der Waals surface area contributed by atoms with Gasteiger partial charge in [0.15, 0.2) is 0 Å². The Kier molecular flexibility index (Phi) is 5.31. The second-order valence-corrected chi connectivity index (χ2v) is 5.58. The van der Waals surface area contributed by atoms with Crippen molar-refractivity contribution in [2.75, 3.05) is 23.7 Å². The quantitative estimate of drug-likeness (QED) is 0.822. The molecule has 0 amide bonds. The molecule has 0 saturated heterocycles. The summed E-state index contributed by atoms with van der Waals surface area (Å²) < 4.78 is 0. The minimum Gasteiger partial charge on any atom is -0.369 e. The van der Waals surface area contributed by atoms with Crippen LogP contribution in [-0.4, -0.2) is 18.1 Å². The van der Waals surface area contributed by atoms with Gasteiger partial charge in [-0.25, -0.2) is 4.98 Å². The maximum absolute atomic E-state index is 6.13. The fourth-order valence-corrected chi connectivity index (χ4v) is 2.84. The van der Waals surface area contributed by atoms with Crippen molar-refractivity contribution in [3.63, 3.8) is 0 Å². The summed E-state index contributed by atoms with van der Waals surface area (Å²) in [5.74, 6) is 1.32. The second kappa shape index (κ2) is 6.98. The van der Waals surface area contributed by atoms with Crippen LogP contribution >= 0.6 is 34.5 Å². The first kappa shape index (κ1) is 14.4. The van der Waals surface area contributed by atoms with E-state index in [0.29, 0.717) is 21.7 Å². The van der Waals surface area contributed by atoms with E-state index in [0.717, 1.165) is 19.5 Å². The summed E-state index contributed by atoms with van der Waals surface area (Å²) in [5.41, 5.74) is 1.31. The average Bonchev–Trinajstić information content (AvgIpc) is 2.88. The van der Waals surface area contributed by atoms with Crippen LogP contribution < -0.4 is 10.6 Å². The van der Waals surface area contributed by atoms with Gasteiger partial charge >= 0.3 is 0 Å². The highest BCUT2D eigenvalue weighted by atomic mass is 35.5. The zero-order valence-electron chi connectivity index (χ0n) is 10.5. The lowest BCUT2D eigenvalue weighted by Crippen LogP contribution is -2.08. The third kappa shape index (κ3) is 4.00. The van der Waals surface area contributed by atoms with Crippen LogP contribution in [0.2, 0.25) is 10.0 Å². The Labute approximate surface area is 127 Å². The van der Waals surface area contributed by atoms with E-state index >= 15 is 0 Å². The zero-order chi connectivity index (χ0) is 13.7. The van der Waals surface area contributed by atoms with Crippen molar-refractivity contribution >= 4 is 46.2 Å². The molecule has 0 aliphatic rings. The molecule has 0 aromatic carbocycles. The Bertz CT molecular complexity index is 529. The molecule has 0 bridgehead atoms. The Balaban J connectivity index is 2.00. The van der Waals surface area contributed by atoms with E-state index in [4.69, 9.17) is 23.2 Å². The number of halogens is 2. The van der Waals surface area contributed by atoms with Gasteiger partial charge in [0.1, 0.15) is 11.6 Å². The van der Waals surface area contributed by atoms with E-state index in [1.165, 1.54) is 5.56 Å². The number of thiophene rings is 1. The van der Waals surface area contributed by atoms with E-state index in [1.54, 1.807) is 17.4 Å². The fraction of sp³-hybridized carbons (Fsp3) is 0.308. The van der Waals surface area contributed by atoms with Crippen molar-refractivity contribution in [2.24, 2.45) is 0 Å². The lowest BCUT2D eigenvalue weighted by molar-refractivity contribution is 1.01. The van der Waals surface area contributed by atoms with E-state index in [-0.39, 0.29) is 0 Å². The van der Waals surface area contributed by atoms with E-state index in [2.05, 4.69) is 32.4 Å². The van der Waals surface area contributed by atoms with Crippen molar-refractivity contribution in [2.45, 2.75) is 13.3 Å². The first-order valence-electron chi connectivity index (χ1n) is 6.05. The number of nitrogens with zero attached hydrogens (tertiary/aromatic N) is 1. The van der Waals surface area contributed by atoms with Crippen LogP contribution in [0.25, 0.3) is 0 Å². The molecule has 0 radical (unpaired) electrons. The molecule has 2 heterocycles. The molecule has 2 aromatic heterocycles. The van der Waals surface area contributed by atoms with Gasteiger partial charge in [0.2, 0.25) is 0 Å². The van der Waals surface area contributed by atoms with E-state index in [9.17, 15) is 0 Å². The van der Waals surface area contributed by atoms with Gasteiger partial charge in [-0.2, -0.15) is 11.3 Å². The van der Waals surface area contributed by atoms with E-state index < -0.39 is 0 Å². The van der Waals surface area contributed by atoms with Crippen molar-refractivity contribution in [3.8, 4) is 0 Å². The van der Waals surface area contributed by atoms with Crippen LogP contribution in [0.15, 0.2) is 22.9 Å². The van der Waals surface area contributed by atoms with Crippen molar-refractivity contribution < 1.29 is 0 Å². The molecule has 0 aliphatic heterocycles. The SMILES string of the molecule is CCNc1nc(NCCc2ccsc2)c(Cl)cc1Cl. The third-order valence-electron chi connectivity index (χ3n) is 2.56. The van der Waals surface area contributed by atoms with E-state index in [1.807, 2.05) is 6.92 Å². The maximum Gasteiger partial charge on any atom is 0.147 e. The summed E-state index contributed by atoms with van der Waals surface area (Å²) >= 11 is 13.9. The second-order valence-electron chi connectivity index (χ2n) is 3.99. The molecule has 19 heavy (non-hydrogen) atoms. The largest absolute Gasteiger partial charge is 0.369 e. The Hall–Kier alpha value is -0.970. The molecule has 0 spiro atoms. The van der Waals surface area contributed by atoms with Gasteiger partial charge in [0.05, 0.1) is 10.0 Å². The first-order chi connectivity index (χ1) is 9.20. The molecule has 2 aromatic rings. The summed E-state index contributed by atoms with van der Waals surface area (Å²) in [7, 11) is 0. The molecular formula is C13H15Cl2N3S. The Morgan fingerprint density at radius 2 is 1.95 bits per heavy atom. The van der Waals surface area contributed by atoms with Crippen LogP contribution in [0.4, 0.5) is 11.6 Å². The van der Waals surface area contributed by atoms with Crippen LogP contribution in [-0.2, 0) is 6.42 Å². The molecule has 2 N–H and O–H groups in total. The van der Waals surface area contributed by atoms with Gasteiger partial charge in [0, 0.05) is 13.1 Å². The van der Waals surface area contributed by atoms with Crippen molar-refractivity contribution in [3.05, 3.63) is 38.5 Å². The summed E-state index contributed by atoms with van der Waals surface area (Å²) in [5, 5.41) is 11.6. The molecule has 2 rings (SSSR count). The number of rotatable bonds is 6. The van der Waals surface area contributed by atoms with Gasteiger partial charge in [-0.15, -0.1) is 0 Å². The number of hydrogen-bond acceptors (Lipinski definition) is 4. The molecule has 0 saturated carbocycles. The lowest BCUT2D eigenvalue weighted by Gasteiger charge is -2.11. The first-order valence-corrected chi connectivity index (χ1v) is 7.75. The van der Waals surface area contributed by atoms with Crippen molar-refractivity contribution in [1.82, 2.24) is 4.98 Å². The summed E-state index contributed by atoms with van der Waals surface area (Å²) in [4.78, 5) is 4.40. The minimum absolute atomic E-state index is 0.537. The molecular weight excluding hydrogens is 301 g/mol. The number of aromatic nitrogens is 1. The van der Waals surface area contributed by atoms with Gasteiger partial charge in [-0.05, 0) is 41.8 Å². The Morgan fingerprint density at radius 3 is 2.58 bits per heavy atom. The molecule has 102 valence electrons. The topological polar surface area (TPSA) is 37.0 Å². The molecule has 0 atom stereocenters. The van der Waals surface area contributed by atoms with Crippen LogP contribution in [0.1, 0.15) is 12.5 Å². The summed E-state index contributed by atoms with van der Waals surface area (Å²) in [6.07, 6.45) is 0.945. The standard InChI is InChI=1S/C13H15Cl2N3S/c1-2-16-12-10(14)7-11(15)13(18-12)17-5-3-9-4-6-19-8-9/h4,6-8H,2-3,5H2,1H3,(H2,16,17,18). The highest BCUT2D eigenvalue weighted by Gasteiger charge is 2.08. The highest BCUT2D eigenvalue weighted by Crippen LogP contribution is 2.29. The zero-order valence-corrected chi connectivity index (χ0v) is 12.9. The Morgan fingerprint density at radius 1 is 1.21 bits per heavy atom. The lowest BCUT2D eigenvalue weighted by atomic mass is 10.2. The number of nitrogens with one attached hydrogen (secondary N) is 2. The van der Waals surface area contributed by atoms with Crippen LogP contribution in [0.3, 0.4) is 0 Å². The number of anilines is 2. The van der Waals surface area contributed by atoms with Gasteiger partial charge < -0.3 is 10.6 Å². The normalized spacial score (nSPS) is 10.5. The summed E-state index contributed by atoms with van der Waals surface area (Å²) in [6, 6.07) is 3.83. The molecule has 3 nitrogen and oxygen atoms in total. The van der Waals surface area contributed by atoms with Gasteiger partial charge in [-0.1, -0.05) is 23.2 Å². The molecule has 0 aliphatic carbocycles. The fourth-order valence-electron chi connectivity index (χ4n) is 1.64. The molecule has 6 heteroatoms. The minimum atomic E-state index is 0.537. The number of pyridine rings is 1. The maximum atomic E-state index is 6.13. The predicted molar refractivity (Wildman–Crippen MR) is 84.9 cm³/mol. The monoisotopic (exact) mass is 315 g/mol. The average molecular weight is 316 g/mol. The van der Waals surface area contributed by atoms with Gasteiger partial charge in [-0.3, -0.25) is 0 Å². The van der Waals surface area contributed by atoms with Gasteiger partial charge in [0.25, 0.3) is 0 Å². The smallest absolute Gasteiger partial charge is 0.147 e. The summed E-state index contributed by atoms with van der Waals surface area (Å²) in [6.45, 7) is 3.55. The van der Waals surface area contributed by atoms with Crippen LogP contribution in [0, 0.1) is 0 Å². The van der Waals surface area contributed by atoms with Crippen LogP contribution in [0.5, 0.6) is 0 Å². The van der Waals surface area contributed by atoms with Crippen molar-refractivity contribution in [1.29, 1.82) is 0 Å². The molecule has 0 unspecified atom stereocenters. The predicted octanol–water partition coefficient (Wildman–Crippen LogP) is 4.54. The third-order valence-corrected chi connectivity index (χ3v) is 3.87. The number of hydrogen-bond donors (Lipinski definition) is 2. The highest BCUT2D eigenvalue weighted by molar-refractivity contribution is 7.07. The molecule has 0 fully saturated rings.